The topological polar surface area (TPSA) is 50.7 Å². The Bertz CT molecular complexity index is 474. The van der Waals surface area contributed by atoms with Crippen molar-refractivity contribution in [3.05, 3.63) is 28.2 Å². The average Bonchev–Trinajstić information content (AvgIpc) is 2.41. The van der Waals surface area contributed by atoms with E-state index in [-0.39, 0.29) is 24.2 Å². The first kappa shape index (κ1) is 16.8. The monoisotopic (exact) mass is 333 g/mol. The molecule has 6 heteroatoms. The number of aliphatic hydroxyl groups excluding tert-OH is 1. The number of hydrogen-bond acceptors (Lipinski definition) is 4. The van der Waals surface area contributed by atoms with Crippen molar-refractivity contribution >= 4 is 23.2 Å². The Kier molecular flexibility index (Phi) is 5.74. The van der Waals surface area contributed by atoms with Crippen LogP contribution < -0.4 is 10.1 Å². The summed E-state index contributed by atoms with van der Waals surface area (Å²) in [6.07, 6.45) is -0.0691. The molecule has 1 aliphatic rings. The summed E-state index contributed by atoms with van der Waals surface area (Å²) in [5.74, 6) is 0.617. The van der Waals surface area contributed by atoms with Crippen molar-refractivity contribution in [3.8, 4) is 5.75 Å². The lowest BCUT2D eigenvalue weighted by Crippen LogP contribution is -2.55. The molecule has 1 fully saturated rings. The van der Waals surface area contributed by atoms with E-state index in [0.717, 1.165) is 0 Å². The van der Waals surface area contributed by atoms with E-state index < -0.39 is 0 Å². The molecule has 1 saturated heterocycles. The molecule has 1 aromatic rings. The minimum absolute atomic E-state index is 0.0691. The highest BCUT2D eigenvalue weighted by Gasteiger charge is 2.38. The summed E-state index contributed by atoms with van der Waals surface area (Å²) in [4.78, 5) is 0. The smallest absolute Gasteiger partial charge is 0.138 e. The van der Waals surface area contributed by atoms with Gasteiger partial charge in [0.1, 0.15) is 11.9 Å². The molecule has 0 aromatic heterocycles. The Morgan fingerprint density at radius 2 is 2.10 bits per heavy atom. The van der Waals surface area contributed by atoms with Crippen LogP contribution in [0.15, 0.2) is 18.2 Å². The van der Waals surface area contributed by atoms with Gasteiger partial charge < -0.3 is 19.9 Å². The fraction of sp³-hybridized carbons (Fsp3) is 0.600. The quantitative estimate of drug-likeness (QED) is 0.805. The lowest BCUT2D eigenvalue weighted by Gasteiger charge is -2.41. The fourth-order valence-corrected chi connectivity index (χ4v) is 2.51. The minimum atomic E-state index is -0.147. The molecule has 118 valence electrons. The van der Waals surface area contributed by atoms with Gasteiger partial charge in [0.05, 0.1) is 30.3 Å². The molecule has 1 heterocycles. The first-order valence-corrected chi connectivity index (χ1v) is 7.75. The van der Waals surface area contributed by atoms with Crippen molar-refractivity contribution in [3.63, 3.8) is 0 Å². The third kappa shape index (κ3) is 4.24. The number of benzene rings is 1. The highest BCUT2D eigenvalue weighted by atomic mass is 35.5. The molecule has 0 amide bonds. The third-order valence-corrected chi connectivity index (χ3v) is 4.39. The number of nitrogens with one attached hydrogen (secondary N) is 1. The normalized spacial score (nSPS) is 19.7. The molecule has 2 N–H and O–H groups in total. The zero-order valence-corrected chi connectivity index (χ0v) is 13.7. The zero-order chi connectivity index (χ0) is 15.5. The van der Waals surface area contributed by atoms with Crippen molar-refractivity contribution in [1.29, 1.82) is 0 Å². The first-order chi connectivity index (χ1) is 9.96. The van der Waals surface area contributed by atoms with Crippen LogP contribution in [0.25, 0.3) is 0 Å². The van der Waals surface area contributed by atoms with Crippen molar-refractivity contribution in [2.45, 2.75) is 26.0 Å². The lowest BCUT2D eigenvalue weighted by molar-refractivity contribution is -0.135. The van der Waals surface area contributed by atoms with E-state index in [1.165, 1.54) is 0 Å². The largest absolute Gasteiger partial charge is 0.488 e. The maximum Gasteiger partial charge on any atom is 0.138 e. The first-order valence-electron chi connectivity index (χ1n) is 6.99. The molecular formula is C15H21Cl2NO3. The van der Waals surface area contributed by atoms with E-state index in [9.17, 15) is 5.11 Å². The zero-order valence-electron chi connectivity index (χ0n) is 12.2. The fourth-order valence-electron chi connectivity index (χ4n) is 2.06. The number of rotatable bonds is 7. The van der Waals surface area contributed by atoms with Crippen molar-refractivity contribution in [2.24, 2.45) is 5.41 Å². The van der Waals surface area contributed by atoms with Gasteiger partial charge in [0, 0.05) is 17.6 Å². The Morgan fingerprint density at radius 3 is 2.62 bits per heavy atom. The van der Waals surface area contributed by atoms with Gasteiger partial charge >= 0.3 is 0 Å². The highest BCUT2D eigenvalue weighted by Crippen LogP contribution is 2.29. The summed E-state index contributed by atoms with van der Waals surface area (Å²) in [5, 5.41) is 13.9. The van der Waals surface area contributed by atoms with Crippen LogP contribution in [-0.2, 0) is 4.74 Å². The molecule has 2 atom stereocenters. The van der Waals surface area contributed by atoms with Crippen LogP contribution in [0.4, 0.5) is 0 Å². The van der Waals surface area contributed by atoms with Gasteiger partial charge in [0.15, 0.2) is 0 Å². The van der Waals surface area contributed by atoms with Gasteiger partial charge in [-0.25, -0.2) is 0 Å². The van der Waals surface area contributed by atoms with Gasteiger partial charge in [0.25, 0.3) is 0 Å². The Morgan fingerprint density at radius 1 is 1.38 bits per heavy atom. The van der Waals surface area contributed by atoms with Crippen molar-refractivity contribution in [1.82, 2.24) is 5.32 Å². The number of ether oxygens (including phenoxy) is 2. The molecule has 1 aromatic carbocycles. The van der Waals surface area contributed by atoms with Gasteiger partial charge in [0.2, 0.25) is 0 Å². The summed E-state index contributed by atoms with van der Waals surface area (Å²) in [6.45, 7) is 6.05. The van der Waals surface area contributed by atoms with Gasteiger partial charge in [-0.15, -0.1) is 0 Å². The van der Waals surface area contributed by atoms with Crippen LogP contribution in [0.5, 0.6) is 5.75 Å². The Balaban J connectivity index is 1.85. The molecule has 0 saturated carbocycles. The Hall–Kier alpha value is -0.520. The second-order valence-electron chi connectivity index (χ2n) is 5.72. The minimum Gasteiger partial charge on any atom is -0.488 e. The SMILES string of the molecule is CC(NCC1(CO)COC1)C(C)Oc1ccc(Cl)cc1Cl. The molecule has 4 nitrogen and oxygen atoms in total. The summed E-state index contributed by atoms with van der Waals surface area (Å²) in [7, 11) is 0. The highest BCUT2D eigenvalue weighted by molar-refractivity contribution is 6.35. The van der Waals surface area contributed by atoms with Gasteiger partial charge in [-0.05, 0) is 32.0 Å². The average molecular weight is 334 g/mol. The van der Waals surface area contributed by atoms with E-state index in [0.29, 0.717) is 35.6 Å². The number of halogens is 2. The second kappa shape index (κ2) is 7.16. The summed E-state index contributed by atoms with van der Waals surface area (Å²) in [5.41, 5.74) is -0.147. The van der Waals surface area contributed by atoms with E-state index >= 15 is 0 Å². The number of hydrogen-bond donors (Lipinski definition) is 2. The van der Waals surface area contributed by atoms with Crippen LogP contribution in [0.3, 0.4) is 0 Å². The molecule has 0 aliphatic carbocycles. The molecular weight excluding hydrogens is 313 g/mol. The second-order valence-corrected chi connectivity index (χ2v) is 6.56. The predicted octanol–water partition coefficient (Wildman–Crippen LogP) is 2.75. The predicted molar refractivity (Wildman–Crippen MR) is 84.4 cm³/mol. The third-order valence-electron chi connectivity index (χ3n) is 3.86. The van der Waals surface area contributed by atoms with Gasteiger partial charge in [-0.2, -0.15) is 0 Å². The van der Waals surface area contributed by atoms with E-state index in [1.807, 2.05) is 13.8 Å². The van der Waals surface area contributed by atoms with E-state index in [2.05, 4.69) is 5.32 Å². The van der Waals surface area contributed by atoms with Gasteiger partial charge in [-0.3, -0.25) is 0 Å². The van der Waals surface area contributed by atoms with Crippen LogP contribution in [0, 0.1) is 5.41 Å². The van der Waals surface area contributed by atoms with Crippen LogP contribution in [-0.4, -0.2) is 43.6 Å². The van der Waals surface area contributed by atoms with Crippen molar-refractivity contribution in [2.75, 3.05) is 26.4 Å². The molecule has 21 heavy (non-hydrogen) atoms. The van der Waals surface area contributed by atoms with Crippen LogP contribution in [0.2, 0.25) is 10.0 Å². The van der Waals surface area contributed by atoms with E-state index in [4.69, 9.17) is 32.7 Å². The maximum atomic E-state index is 9.40. The molecule has 0 bridgehead atoms. The maximum absolute atomic E-state index is 9.40. The van der Waals surface area contributed by atoms with Crippen LogP contribution >= 0.6 is 23.2 Å². The summed E-state index contributed by atoms with van der Waals surface area (Å²) < 4.78 is 11.0. The summed E-state index contributed by atoms with van der Waals surface area (Å²) in [6, 6.07) is 5.29. The van der Waals surface area contributed by atoms with Gasteiger partial charge in [-0.1, -0.05) is 23.2 Å². The van der Waals surface area contributed by atoms with Crippen LogP contribution in [0.1, 0.15) is 13.8 Å². The number of aliphatic hydroxyl groups is 1. The molecule has 2 rings (SSSR count). The summed E-state index contributed by atoms with van der Waals surface area (Å²) >= 11 is 12.0. The lowest BCUT2D eigenvalue weighted by atomic mass is 9.86. The van der Waals surface area contributed by atoms with Crippen molar-refractivity contribution < 1.29 is 14.6 Å². The molecule has 0 radical (unpaired) electrons. The molecule has 2 unspecified atom stereocenters. The Labute approximate surface area is 135 Å². The standard InChI is InChI=1S/C15H21Cl2NO3/c1-10(18-6-15(7-19)8-20-9-15)11(2)21-14-4-3-12(16)5-13(14)17/h3-5,10-11,18-19H,6-9H2,1-2H3. The van der Waals surface area contributed by atoms with E-state index in [1.54, 1.807) is 18.2 Å². The molecule has 1 aliphatic heterocycles. The molecule has 0 spiro atoms.